The zero-order valence-corrected chi connectivity index (χ0v) is 12.1. The van der Waals surface area contributed by atoms with Crippen molar-refractivity contribution in [2.45, 2.75) is 6.04 Å². The summed E-state index contributed by atoms with van der Waals surface area (Å²) >= 11 is 5.15. The maximum absolute atomic E-state index is 11.7. The third-order valence-corrected chi connectivity index (χ3v) is 4.80. The van der Waals surface area contributed by atoms with Gasteiger partial charge in [0, 0.05) is 31.6 Å². The summed E-state index contributed by atoms with van der Waals surface area (Å²) in [5.41, 5.74) is 5.85. The third-order valence-electron chi connectivity index (χ3n) is 3.07. The van der Waals surface area contributed by atoms with Crippen molar-refractivity contribution in [3.8, 4) is 0 Å². The van der Waals surface area contributed by atoms with Gasteiger partial charge in [0.1, 0.15) is 0 Å². The smallest absolute Gasteiger partial charge is 0.236 e. The second kappa shape index (κ2) is 5.48. The van der Waals surface area contributed by atoms with E-state index in [0.717, 1.165) is 16.9 Å². The zero-order chi connectivity index (χ0) is 12.4. The Hall–Kier alpha value is -0.430. The van der Waals surface area contributed by atoms with Crippen molar-refractivity contribution >= 4 is 33.2 Å². The van der Waals surface area contributed by atoms with Crippen LogP contribution in [-0.2, 0) is 4.79 Å². The van der Waals surface area contributed by atoms with Crippen molar-refractivity contribution in [3.05, 3.63) is 20.8 Å². The van der Waals surface area contributed by atoms with Crippen LogP contribution in [0.4, 0.5) is 0 Å². The molecule has 0 saturated carbocycles. The fourth-order valence-corrected chi connectivity index (χ4v) is 3.57. The highest BCUT2D eigenvalue weighted by molar-refractivity contribution is 9.11. The van der Waals surface area contributed by atoms with Crippen LogP contribution in [0.3, 0.4) is 0 Å². The lowest BCUT2D eigenvalue weighted by Crippen LogP contribution is -2.50. The van der Waals surface area contributed by atoms with Crippen LogP contribution in [0, 0.1) is 0 Å². The number of nitrogens with two attached hydrogens (primary N) is 1. The lowest BCUT2D eigenvalue weighted by atomic mass is 10.1. The maximum Gasteiger partial charge on any atom is 0.236 e. The number of piperazine rings is 1. The number of amides is 1. The van der Waals surface area contributed by atoms with Crippen molar-refractivity contribution in [2.75, 3.05) is 33.2 Å². The highest BCUT2D eigenvalue weighted by Crippen LogP contribution is 2.30. The molecule has 0 spiro atoms. The molecule has 6 heteroatoms. The van der Waals surface area contributed by atoms with Crippen LogP contribution in [0.15, 0.2) is 15.9 Å². The molecule has 2 heterocycles. The molecule has 17 heavy (non-hydrogen) atoms. The van der Waals surface area contributed by atoms with Gasteiger partial charge in [0.2, 0.25) is 5.91 Å². The Labute approximate surface area is 114 Å². The Morgan fingerprint density at radius 2 is 2.29 bits per heavy atom. The Bertz CT molecular complexity index is 409. The van der Waals surface area contributed by atoms with E-state index >= 15 is 0 Å². The molecule has 1 atom stereocenters. The van der Waals surface area contributed by atoms with E-state index < -0.39 is 0 Å². The van der Waals surface area contributed by atoms with Gasteiger partial charge in [-0.3, -0.25) is 9.69 Å². The Balaban J connectivity index is 2.11. The number of rotatable bonds is 3. The minimum Gasteiger partial charge on any atom is -0.343 e. The molecular weight excluding hydrogens is 302 g/mol. The number of likely N-dealkylation sites (N-methyl/N-ethyl adjacent to an activating group) is 1. The fraction of sp³-hybridized carbons (Fsp3) is 0.545. The van der Waals surface area contributed by atoms with Crippen LogP contribution in [0.5, 0.6) is 0 Å². The maximum atomic E-state index is 11.7. The summed E-state index contributed by atoms with van der Waals surface area (Å²) in [7, 11) is 1.85. The predicted molar refractivity (Wildman–Crippen MR) is 73.0 cm³/mol. The summed E-state index contributed by atoms with van der Waals surface area (Å²) in [5.74, 6) is 0.172. The highest BCUT2D eigenvalue weighted by Gasteiger charge is 2.27. The molecule has 1 aliphatic rings. The summed E-state index contributed by atoms with van der Waals surface area (Å²) in [6.07, 6.45) is 0. The topological polar surface area (TPSA) is 49.6 Å². The lowest BCUT2D eigenvalue weighted by Gasteiger charge is -2.36. The summed E-state index contributed by atoms with van der Waals surface area (Å²) in [4.78, 5) is 16.9. The first-order valence-electron chi connectivity index (χ1n) is 5.55. The average Bonchev–Trinajstić information content (AvgIpc) is 2.71. The second-order valence-corrected chi connectivity index (χ2v) is 6.67. The molecule has 2 N–H and O–H groups in total. The minimum atomic E-state index is 0.156. The van der Waals surface area contributed by atoms with Gasteiger partial charge in [0.05, 0.1) is 16.4 Å². The number of nitrogens with zero attached hydrogens (tertiary/aromatic N) is 2. The van der Waals surface area contributed by atoms with E-state index in [2.05, 4.69) is 26.9 Å². The largest absolute Gasteiger partial charge is 0.343 e. The predicted octanol–water partition coefficient (Wildman–Crippen LogP) is 1.28. The molecule has 1 amide bonds. The molecule has 1 aromatic heterocycles. The monoisotopic (exact) mass is 317 g/mol. The zero-order valence-electron chi connectivity index (χ0n) is 9.73. The van der Waals surface area contributed by atoms with Gasteiger partial charge in [-0.2, -0.15) is 0 Å². The first-order chi connectivity index (χ1) is 8.11. The van der Waals surface area contributed by atoms with Crippen LogP contribution in [0.25, 0.3) is 0 Å². The van der Waals surface area contributed by atoms with E-state index in [1.807, 2.05) is 13.1 Å². The van der Waals surface area contributed by atoms with Gasteiger partial charge in [-0.25, -0.2) is 0 Å². The summed E-state index contributed by atoms with van der Waals surface area (Å²) in [6.45, 7) is 2.68. The van der Waals surface area contributed by atoms with Crippen LogP contribution in [-0.4, -0.2) is 48.9 Å². The third kappa shape index (κ3) is 2.88. The van der Waals surface area contributed by atoms with Crippen molar-refractivity contribution in [1.29, 1.82) is 0 Å². The van der Waals surface area contributed by atoms with Gasteiger partial charge in [-0.15, -0.1) is 11.3 Å². The highest BCUT2D eigenvalue weighted by atomic mass is 79.9. The van der Waals surface area contributed by atoms with E-state index in [0.29, 0.717) is 13.1 Å². The molecule has 1 saturated heterocycles. The summed E-state index contributed by atoms with van der Waals surface area (Å²) in [6, 6.07) is 4.26. The molecule has 0 radical (unpaired) electrons. The molecule has 4 nitrogen and oxygen atoms in total. The van der Waals surface area contributed by atoms with Crippen molar-refractivity contribution in [2.24, 2.45) is 5.73 Å². The van der Waals surface area contributed by atoms with Crippen LogP contribution >= 0.6 is 27.3 Å². The SMILES string of the molecule is CN1CCN(C(CN)c2ccc(Br)s2)CC1=O. The first kappa shape index (κ1) is 13.0. The molecule has 1 aromatic rings. The van der Waals surface area contributed by atoms with Gasteiger partial charge in [-0.1, -0.05) is 0 Å². The second-order valence-electron chi connectivity index (χ2n) is 4.18. The molecule has 2 rings (SSSR count). The van der Waals surface area contributed by atoms with E-state index in [1.165, 1.54) is 4.88 Å². The fourth-order valence-electron chi connectivity index (χ4n) is 2.00. The van der Waals surface area contributed by atoms with Gasteiger partial charge in [-0.05, 0) is 28.1 Å². The average molecular weight is 318 g/mol. The summed E-state index contributed by atoms with van der Waals surface area (Å²) in [5, 5.41) is 0. The summed E-state index contributed by atoms with van der Waals surface area (Å²) < 4.78 is 1.10. The molecule has 0 bridgehead atoms. The van der Waals surface area contributed by atoms with Crippen LogP contribution in [0.2, 0.25) is 0 Å². The van der Waals surface area contributed by atoms with Gasteiger partial charge >= 0.3 is 0 Å². The number of carbonyl (C=O) groups is 1. The first-order valence-corrected chi connectivity index (χ1v) is 7.16. The molecule has 94 valence electrons. The Morgan fingerprint density at radius 1 is 1.53 bits per heavy atom. The van der Waals surface area contributed by atoms with E-state index in [1.54, 1.807) is 16.2 Å². The molecule has 0 aliphatic carbocycles. The number of hydrogen-bond donors (Lipinski definition) is 1. The number of hydrogen-bond acceptors (Lipinski definition) is 4. The van der Waals surface area contributed by atoms with Crippen molar-refractivity contribution < 1.29 is 4.79 Å². The van der Waals surface area contributed by atoms with Gasteiger partial charge in [0.15, 0.2) is 0 Å². The molecule has 1 aliphatic heterocycles. The minimum absolute atomic E-state index is 0.156. The van der Waals surface area contributed by atoms with Crippen LogP contribution < -0.4 is 5.73 Å². The van der Waals surface area contributed by atoms with E-state index in [-0.39, 0.29) is 11.9 Å². The van der Waals surface area contributed by atoms with Crippen molar-refractivity contribution in [1.82, 2.24) is 9.80 Å². The molecule has 0 aromatic carbocycles. The van der Waals surface area contributed by atoms with Crippen LogP contribution in [0.1, 0.15) is 10.9 Å². The normalized spacial score (nSPS) is 19.7. The Kier molecular flexibility index (Phi) is 4.19. The van der Waals surface area contributed by atoms with E-state index in [4.69, 9.17) is 5.73 Å². The lowest BCUT2D eigenvalue weighted by molar-refractivity contribution is -0.135. The standard InChI is InChI=1S/C11H16BrN3OS/c1-14-4-5-15(7-11(14)16)8(6-13)9-2-3-10(12)17-9/h2-3,8H,4-7,13H2,1H3. The van der Waals surface area contributed by atoms with Gasteiger partial charge in [0.25, 0.3) is 0 Å². The molecule has 1 fully saturated rings. The van der Waals surface area contributed by atoms with Gasteiger partial charge < -0.3 is 10.6 Å². The Morgan fingerprint density at radius 3 is 2.82 bits per heavy atom. The van der Waals surface area contributed by atoms with Crippen molar-refractivity contribution in [3.63, 3.8) is 0 Å². The number of halogens is 1. The quantitative estimate of drug-likeness (QED) is 0.913. The number of thiophene rings is 1. The molecule has 1 unspecified atom stereocenters. The van der Waals surface area contributed by atoms with E-state index in [9.17, 15) is 4.79 Å². The molecular formula is C11H16BrN3OS. The number of carbonyl (C=O) groups excluding carboxylic acids is 1.